The lowest BCUT2D eigenvalue weighted by atomic mass is 10.1. The van der Waals surface area contributed by atoms with Gasteiger partial charge in [-0.25, -0.2) is 0 Å². The van der Waals surface area contributed by atoms with Gasteiger partial charge >= 0.3 is 0 Å². The van der Waals surface area contributed by atoms with Crippen LogP contribution in [-0.4, -0.2) is 41.5 Å². The molecule has 2 saturated heterocycles. The van der Waals surface area contributed by atoms with Crippen molar-refractivity contribution >= 4 is 0 Å². The Kier molecular flexibility index (Phi) is 3.48. The summed E-state index contributed by atoms with van der Waals surface area (Å²) in [6, 6.07) is 12.4. The van der Waals surface area contributed by atoms with Crippen LogP contribution in [0.3, 0.4) is 0 Å². The van der Waals surface area contributed by atoms with Crippen molar-refractivity contribution in [1.82, 2.24) is 9.80 Å². The highest BCUT2D eigenvalue weighted by Gasteiger charge is 2.39. The molecule has 0 N–H and O–H groups in total. The van der Waals surface area contributed by atoms with Crippen molar-refractivity contribution < 1.29 is 0 Å². The van der Waals surface area contributed by atoms with Crippen LogP contribution in [0.15, 0.2) is 43.0 Å². The number of benzene rings is 1. The number of nitrogens with zero attached hydrogens (tertiary/aromatic N) is 2. The minimum atomic E-state index is 0.754. The molecule has 2 bridgehead atoms. The summed E-state index contributed by atoms with van der Waals surface area (Å²) in [7, 11) is 0. The molecule has 0 unspecified atom stereocenters. The molecule has 2 atom stereocenters. The van der Waals surface area contributed by atoms with Gasteiger partial charge in [-0.1, -0.05) is 36.4 Å². The van der Waals surface area contributed by atoms with E-state index in [2.05, 4.69) is 46.7 Å². The predicted molar refractivity (Wildman–Crippen MR) is 75.4 cm³/mol. The van der Waals surface area contributed by atoms with Crippen molar-refractivity contribution in [2.75, 3.05) is 19.6 Å². The van der Waals surface area contributed by atoms with Crippen LogP contribution >= 0.6 is 0 Å². The minimum Gasteiger partial charge on any atom is -0.297 e. The molecule has 0 saturated carbocycles. The second-order valence-electron chi connectivity index (χ2n) is 5.55. The average molecular weight is 242 g/mol. The largest absolute Gasteiger partial charge is 0.297 e. The summed E-state index contributed by atoms with van der Waals surface area (Å²) in [5.74, 6) is 0. The van der Waals surface area contributed by atoms with E-state index < -0.39 is 0 Å². The fraction of sp³-hybridized carbons (Fsp3) is 0.500. The Labute approximate surface area is 110 Å². The van der Waals surface area contributed by atoms with Gasteiger partial charge in [0.05, 0.1) is 0 Å². The Morgan fingerprint density at radius 1 is 1.11 bits per heavy atom. The van der Waals surface area contributed by atoms with Gasteiger partial charge in [0.15, 0.2) is 0 Å². The Morgan fingerprint density at radius 3 is 2.39 bits per heavy atom. The summed E-state index contributed by atoms with van der Waals surface area (Å²) >= 11 is 0. The molecule has 3 rings (SSSR count). The predicted octanol–water partition coefficient (Wildman–Crippen LogP) is 2.52. The van der Waals surface area contributed by atoms with E-state index in [9.17, 15) is 0 Å². The molecule has 96 valence electrons. The van der Waals surface area contributed by atoms with E-state index in [1.54, 1.807) is 0 Å². The van der Waals surface area contributed by atoms with Crippen LogP contribution < -0.4 is 0 Å². The molecule has 0 radical (unpaired) electrons. The molecule has 2 aliphatic heterocycles. The van der Waals surface area contributed by atoms with Crippen molar-refractivity contribution in [3.05, 3.63) is 48.6 Å². The van der Waals surface area contributed by atoms with Crippen molar-refractivity contribution in [3.8, 4) is 0 Å². The Balaban J connectivity index is 1.67. The van der Waals surface area contributed by atoms with Gasteiger partial charge in [0.1, 0.15) is 0 Å². The molecule has 18 heavy (non-hydrogen) atoms. The van der Waals surface area contributed by atoms with Gasteiger partial charge in [-0.3, -0.25) is 9.80 Å². The lowest BCUT2D eigenvalue weighted by Crippen LogP contribution is -2.53. The first-order valence-corrected chi connectivity index (χ1v) is 7.00. The molecular formula is C16H22N2. The number of hydrogen-bond acceptors (Lipinski definition) is 2. The highest BCUT2D eigenvalue weighted by molar-refractivity contribution is 5.15. The summed E-state index contributed by atoms with van der Waals surface area (Å²) in [4.78, 5) is 5.27. The van der Waals surface area contributed by atoms with E-state index in [1.807, 2.05) is 6.08 Å². The molecule has 1 aromatic carbocycles. The zero-order valence-corrected chi connectivity index (χ0v) is 11.0. The molecule has 2 nitrogen and oxygen atoms in total. The van der Waals surface area contributed by atoms with E-state index in [1.165, 1.54) is 31.5 Å². The second-order valence-corrected chi connectivity index (χ2v) is 5.55. The summed E-state index contributed by atoms with van der Waals surface area (Å²) in [5.41, 5.74) is 1.45. The molecule has 2 heteroatoms. The third kappa shape index (κ3) is 2.36. The maximum atomic E-state index is 3.86. The van der Waals surface area contributed by atoms with Crippen LogP contribution in [0.2, 0.25) is 0 Å². The van der Waals surface area contributed by atoms with Crippen LogP contribution in [0.5, 0.6) is 0 Å². The van der Waals surface area contributed by atoms with Crippen molar-refractivity contribution in [3.63, 3.8) is 0 Å². The van der Waals surface area contributed by atoms with Gasteiger partial charge in [-0.15, -0.1) is 6.58 Å². The molecule has 0 aliphatic carbocycles. The summed E-state index contributed by atoms with van der Waals surface area (Å²) < 4.78 is 0. The molecule has 2 heterocycles. The highest BCUT2D eigenvalue weighted by atomic mass is 15.3. The van der Waals surface area contributed by atoms with Gasteiger partial charge in [-0.05, 0) is 18.4 Å². The number of piperazine rings is 1. The molecule has 2 fully saturated rings. The lowest BCUT2D eigenvalue weighted by molar-refractivity contribution is 0.0678. The third-order valence-electron chi connectivity index (χ3n) is 4.30. The molecule has 1 aromatic rings. The van der Waals surface area contributed by atoms with Gasteiger partial charge in [0.25, 0.3) is 0 Å². The van der Waals surface area contributed by atoms with Crippen molar-refractivity contribution in [2.45, 2.75) is 31.5 Å². The van der Waals surface area contributed by atoms with E-state index in [0.717, 1.165) is 25.2 Å². The van der Waals surface area contributed by atoms with Gasteiger partial charge < -0.3 is 0 Å². The molecule has 0 amide bonds. The van der Waals surface area contributed by atoms with E-state index in [4.69, 9.17) is 0 Å². The number of rotatable bonds is 4. The first-order chi connectivity index (χ1) is 8.86. The number of fused-ring (bicyclic) bond motifs is 2. The second kappa shape index (κ2) is 5.25. The number of hydrogen-bond donors (Lipinski definition) is 0. The van der Waals surface area contributed by atoms with Crippen LogP contribution in [0.25, 0.3) is 0 Å². The van der Waals surface area contributed by atoms with Gasteiger partial charge in [0.2, 0.25) is 0 Å². The first-order valence-electron chi connectivity index (χ1n) is 7.00. The standard InChI is InChI=1S/C16H22N2/c1-2-10-17-12-15-8-9-16(13-17)18(15)11-14-6-4-3-5-7-14/h2-7,15-16H,1,8-13H2/t15-,16-/m1/s1. The van der Waals surface area contributed by atoms with Crippen LogP contribution in [-0.2, 0) is 6.54 Å². The molecule has 0 aromatic heterocycles. The normalized spacial score (nSPS) is 28.4. The van der Waals surface area contributed by atoms with Crippen LogP contribution in [0, 0.1) is 0 Å². The van der Waals surface area contributed by atoms with E-state index in [-0.39, 0.29) is 0 Å². The molecule has 0 spiro atoms. The lowest BCUT2D eigenvalue weighted by Gasteiger charge is -2.40. The molecular weight excluding hydrogens is 220 g/mol. The zero-order valence-electron chi connectivity index (χ0n) is 11.0. The topological polar surface area (TPSA) is 6.48 Å². The number of likely N-dealkylation sites (tertiary alicyclic amines) is 1. The van der Waals surface area contributed by atoms with Crippen LogP contribution in [0.4, 0.5) is 0 Å². The van der Waals surface area contributed by atoms with E-state index in [0.29, 0.717) is 0 Å². The minimum absolute atomic E-state index is 0.754. The SMILES string of the molecule is C=CCN1C[C@H]2CC[C@H](C1)N2Cc1ccccc1. The Hall–Kier alpha value is -1.12. The highest BCUT2D eigenvalue weighted by Crippen LogP contribution is 2.31. The van der Waals surface area contributed by atoms with Gasteiger partial charge in [0, 0.05) is 38.3 Å². The molecule has 2 aliphatic rings. The first kappa shape index (κ1) is 11.9. The Morgan fingerprint density at radius 2 is 1.78 bits per heavy atom. The fourth-order valence-corrected chi connectivity index (χ4v) is 3.46. The maximum absolute atomic E-state index is 3.86. The van der Waals surface area contributed by atoms with Gasteiger partial charge in [-0.2, -0.15) is 0 Å². The van der Waals surface area contributed by atoms with Crippen molar-refractivity contribution in [1.29, 1.82) is 0 Å². The summed E-state index contributed by atoms with van der Waals surface area (Å²) in [6.07, 6.45) is 4.77. The third-order valence-corrected chi connectivity index (χ3v) is 4.30. The Bertz CT molecular complexity index is 387. The van der Waals surface area contributed by atoms with E-state index >= 15 is 0 Å². The zero-order chi connectivity index (χ0) is 12.4. The monoisotopic (exact) mass is 242 g/mol. The van der Waals surface area contributed by atoms with Crippen LogP contribution in [0.1, 0.15) is 18.4 Å². The fourth-order valence-electron chi connectivity index (χ4n) is 3.46. The summed E-state index contributed by atoms with van der Waals surface area (Å²) in [6.45, 7) is 8.46. The summed E-state index contributed by atoms with van der Waals surface area (Å²) in [5, 5.41) is 0. The van der Waals surface area contributed by atoms with Crippen molar-refractivity contribution in [2.24, 2.45) is 0 Å². The smallest absolute Gasteiger partial charge is 0.0240 e. The maximum Gasteiger partial charge on any atom is 0.0240 e. The average Bonchev–Trinajstić information content (AvgIpc) is 2.63. The quantitative estimate of drug-likeness (QED) is 0.749.